The summed E-state index contributed by atoms with van der Waals surface area (Å²) in [5.74, 6) is 3.96. The van der Waals surface area contributed by atoms with Gasteiger partial charge in [-0.25, -0.2) is 0 Å². The average Bonchev–Trinajstić information content (AvgIpc) is 3.19. The van der Waals surface area contributed by atoms with E-state index in [0.29, 0.717) is 6.54 Å². The van der Waals surface area contributed by atoms with Gasteiger partial charge in [-0.3, -0.25) is 4.99 Å². The summed E-state index contributed by atoms with van der Waals surface area (Å²) in [6.07, 6.45) is 12.0. The quantitative estimate of drug-likeness (QED) is 0.305. The van der Waals surface area contributed by atoms with Crippen LogP contribution >= 0.6 is 24.0 Å². The van der Waals surface area contributed by atoms with E-state index in [-0.39, 0.29) is 24.0 Å². The van der Waals surface area contributed by atoms with Gasteiger partial charge in [-0.15, -0.1) is 34.2 Å². The molecule has 3 rings (SSSR count). The number of hydrogen-bond donors (Lipinski definition) is 2. The maximum Gasteiger partial charge on any atom is 0.191 e. The number of aliphatic imine (C=N–C) groups is 1. The Morgan fingerprint density at radius 1 is 1.17 bits per heavy atom. The van der Waals surface area contributed by atoms with Crippen molar-refractivity contribution in [1.29, 1.82) is 0 Å². The molecule has 2 heterocycles. The zero-order valence-electron chi connectivity index (χ0n) is 14.8. The molecule has 7 heteroatoms. The summed E-state index contributed by atoms with van der Waals surface area (Å²) in [6, 6.07) is 0. The number of halogens is 1. The van der Waals surface area contributed by atoms with Crippen LogP contribution in [0.1, 0.15) is 63.0 Å². The lowest BCUT2D eigenvalue weighted by atomic mass is 9.86. The Kier molecular flexibility index (Phi) is 8.28. The molecule has 0 bridgehead atoms. The van der Waals surface area contributed by atoms with Crippen molar-refractivity contribution < 1.29 is 0 Å². The molecular formula is C17H31IN6. The minimum absolute atomic E-state index is 0. The minimum atomic E-state index is 0. The van der Waals surface area contributed by atoms with Crippen LogP contribution in [0.4, 0.5) is 0 Å². The maximum absolute atomic E-state index is 4.30. The summed E-state index contributed by atoms with van der Waals surface area (Å²) in [5.41, 5.74) is 0. The Labute approximate surface area is 162 Å². The van der Waals surface area contributed by atoms with Crippen LogP contribution < -0.4 is 10.6 Å². The molecule has 2 N–H and O–H groups in total. The molecule has 6 nitrogen and oxygen atoms in total. The lowest BCUT2D eigenvalue weighted by Gasteiger charge is -2.21. The smallest absolute Gasteiger partial charge is 0.191 e. The second kappa shape index (κ2) is 10.2. The van der Waals surface area contributed by atoms with Crippen LogP contribution in [0.15, 0.2) is 4.99 Å². The number of aromatic nitrogens is 3. The molecule has 2 aliphatic rings. The fourth-order valence-electron chi connectivity index (χ4n) is 3.80. The number of nitrogens with one attached hydrogen (secondary N) is 2. The lowest BCUT2D eigenvalue weighted by molar-refractivity contribution is 0.332. The van der Waals surface area contributed by atoms with Crippen LogP contribution in [-0.2, 0) is 19.5 Å². The van der Waals surface area contributed by atoms with E-state index >= 15 is 0 Å². The first-order valence-corrected chi connectivity index (χ1v) is 9.22. The average molecular weight is 446 g/mol. The predicted octanol–water partition coefficient (Wildman–Crippen LogP) is 2.87. The summed E-state index contributed by atoms with van der Waals surface area (Å²) in [5, 5.41) is 15.3. The molecule has 136 valence electrons. The third-order valence-electron chi connectivity index (χ3n) is 5.13. The monoisotopic (exact) mass is 446 g/mol. The summed E-state index contributed by atoms with van der Waals surface area (Å²) in [6.45, 7) is 2.73. The Morgan fingerprint density at radius 3 is 2.79 bits per heavy atom. The van der Waals surface area contributed by atoms with Crippen molar-refractivity contribution in [3.8, 4) is 0 Å². The zero-order chi connectivity index (χ0) is 15.9. The summed E-state index contributed by atoms with van der Waals surface area (Å²) in [4.78, 5) is 4.30. The molecule has 0 aromatic carbocycles. The molecular weight excluding hydrogens is 415 g/mol. The molecule has 1 fully saturated rings. The summed E-state index contributed by atoms with van der Waals surface area (Å²) < 4.78 is 2.23. The van der Waals surface area contributed by atoms with Crippen molar-refractivity contribution in [1.82, 2.24) is 25.4 Å². The van der Waals surface area contributed by atoms with E-state index < -0.39 is 0 Å². The van der Waals surface area contributed by atoms with E-state index in [1.165, 1.54) is 51.4 Å². The predicted molar refractivity (Wildman–Crippen MR) is 108 cm³/mol. The second-order valence-corrected chi connectivity index (χ2v) is 6.79. The maximum atomic E-state index is 4.30. The molecule has 1 aromatic heterocycles. The van der Waals surface area contributed by atoms with Crippen molar-refractivity contribution in [3.05, 3.63) is 11.6 Å². The topological polar surface area (TPSA) is 67.1 Å². The van der Waals surface area contributed by atoms with Gasteiger partial charge >= 0.3 is 0 Å². The van der Waals surface area contributed by atoms with E-state index in [1.807, 2.05) is 7.05 Å². The van der Waals surface area contributed by atoms with Gasteiger partial charge in [0, 0.05) is 26.6 Å². The number of guanidine groups is 1. The summed E-state index contributed by atoms with van der Waals surface area (Å²) >= 11 is 0. The van der Waals surface area contributed by atoms with Gasteiger partial charge in [0.15, 0.2) is 11.8 Å². The molecule has 1 aliphatic heterocycles. The minimum Gasteiger partial charge on any atom is -0.356 e. The second-order valence-electron chi connectivity index (χ2n) is 6.79. The fourth-order valence-corrected chi connectivity index (χ4v) is 3.80. The highest BCUT2D eigenvalue weighted by Crippen LogP contribution is 2.26. The van der Waals surface area contributed by atoms with Gasteiger partial charge in [0.2, 0.25) is 0 Å². The van der Waals surface area contributed by atoms with E-state index in [1.54, 1.807) is 0 Å². The molecule has 24 heavy (non-hydrogen) atoms. The molecule has 0 atom stereocenters. The Morgan fingerprint density at radius 2 is 2.00 bits per heavy atom. The van der Waals surface area contributed by atoms with Gasteiger partial charge in [0.25, 0.3) is 0 Å². The van der Waals surface area contributed by atoms with E-state index in [9.17, 15) is 0 Å². The van der Waals surface area contributed by atoms with Gasteiger partial charge in [0.1, 0.15) is 5.82 Å². The number of fused-ring (bicyclic) bond motifs is 1. The van der Waals surface area contributed by atoms with Crippen molar-refractivity contribution in [2.24, 2.45) is 10.9 Å². The highest BCUT2D eigenvalue weighted by molar-refractivity contribution is 14.0. The van der Waals surface area contributed by atoms with Gasteiger partial charge in [-0.05, 0) is 25.2 Å². The van der Waals surface area contributed by atoms with Crippen LogP contribution in [0.3, 0.4) is 0 Å². The van der Waals surface area contributed by atoms with Crippen molar-refractivity contribution in [2.45, 2.75) is 70.9 Å². The van der Waals surface area contributed by atoms with Crippen LogP contribution in [0.5, 0.6) is 0 Å². The first-order chi connectivity index (χ1) is 11.4. The number of hydrogen-bond acceptors (Lipinski definition) is 3. The molecule has 0 spiro atoms. The molecule has 0 saturated heterocycles. The number of nitrogens with zero attached hydrogens (tertiary/aromatic N) is 4. The molecule has 0 radical (unpaired) electrons. The van der Waals surface area contributed by atoms with E-state index in [0.717, 1.165) is 43.0 Å². The largest absolute Gasteiger partial charge is 0.356 e. The van der Waals surface area contributed by atoms with Gasteiger partial charge in [-0.1, -0.05) is 32.1 Å². The van der Waals surface area contributed by atoms with Gasteiger partial charge in [0.05, 0.1) is 6.54 Å². The van der Waals surface area contributed by atoms with Crippen LogP contribution in [0, 0.1) is 5.92 Å². The third-order valence-corrected chi connectivity index (χ3v) is 5.13. The van der Waals surface area contributed by atoms with E-state index in [4.69, 9.17) is 0 Å². The first kappa shape index (κ1) is 19.5. The van der Waals surface area contributed by atoms with Crippen LogP contribution in [0.2, 0.25) is 0 Å². The Balaban J connectivity index is 0.00000208. The summed E-state index contributed by atoms with van der Waals surface area (Å²) in [7, 11) is 1.82. The zero-order valence-corrected chi connectivity index (χ0v) is 17.1. The first-order valence-electron chi connectivity index (χ1n) is 9.22. The molecule has 1 aromatic rings. The van der Waals surface area contributed by atoms with Gasteiger partial charge in [-0.2, -0.15) is 0 Å². The molecule has 1 aliphatic carbocycles. The number of rotatable bonds is 6. The normalized spacial score (nSPS) is 18.1. The standard InChI is InChI=1S/C17H30N6.HI/c1-18-17(19-11-5-9-14-7-3-2-4-8-14)20-13-16-22-21-15-10-6-12-23(15)16;/h14H,2-13H2,1H3,(H2,18,19,20);1H. The Bertz CT molecular complexity index is 521. The fraction of sp³-hybridized carbons (Fsp3) is 0.824. The van der Waals surface area contributed by atoms with Crippen LogP contribution in [-0.4, -0.2) is 34.3 Å². The van der Waals surface area contributed by atoms with Gasteiger partial charge < -0.3 is 15.2 Å². The molecule has 0 amide bonds. The highest BCUT2D eigenvalue weighted by atomic mass is 127. The van der Waals surface area contributed by atoms with Crippen molar-refractivity contribution in [2.75, 3.05) is 13.6 Å². The van der Waals surface area contributed by atoms with E-state index in [2.05, 4.69) is 30.4 Å². The molecule has 0 unspecified atom stereocenters. The lowest BCUT2D eigenvalue weighted by Crippen LogP contribution is -2.38. The number of aryl methyl sites for hydroxylation is 1. The molecule has 1 saturated carbocycles. The Hall–Kier alpha value is -0.860. The third kappa shape index (κ3) is 5.32. The van der Waals surface area contributed by atoms with Crippen molar-refractivity contribution >= 4 is 29.9 Å². The van der Waals surface area contributed by atoms with Crippen LogP contribution in [0.25, 0.3) is 0 Å². The van der Waals surface area contributed by atoms with Crippen molar-refractivity contribution in [3.63, 3.8) is 0 Å². The highest BCUT2D eigenvalue weighted by Gasteiger charge is 2.17. The SMILES string of the molecule is CN=C(NCCCC1CCCCC1)NCc1nnc2n1CCC2.I.